The van der Waals surface area contributed by atoms with Crippen LogP contribution >= 0.6 is 0 Å². The smallest absolute Gasteiger partial charge is 0.348 e. The molecule has 0 saturated carbocycles. The van der Waals surface area contributed by atoms with Crippen molar-refractivity contribution in [2.45, 2.75) is 0 Å². The molecule has 1 aliphatic rings. The lowest BCUT2D eigenvalue weighted by Gasteiger charge is -2.18. The standard InChI is InChI=1S/C24H16O6/c25-23(16-10-11-19-20(14-16)28-13-12-27-19)30-22-17-8-4-5-9-18(17)29-24(26)21(22)15-6-2-1-3-7-15/h1-11,14H,12-13H2. The molecule has 2 heterocycles. The highest BCUT2D eigenvalue weighted by molar-refractivity contribution is 5.98. The largest absolute Gasteiger partial charge is 0.486 e. The molecule has 148 valence electrons. The second kappa shape index (κ2) is 7.40. The molecular weight excluding hydrogens is 384 g/mol. The van der Waals surface area contributed by atoms with E-state index in [0.29, 0.717) is 41.2 Å². The molecule has 0 amide bonds. The molecule has 0 unspecified atom stereocenters. The summed E-state index contributed by atoms with van der Waals surface area (Å²) in [6.45, 7) is 0.872. The molecule has 5 rings (SSSR count). The lowest BCUT2D eigenvalue weighted by molar-refractivity contribution is 0.0736. The number of hydrogen-bond donors (Lipinski definition) is 0. The second-order valence-electron chi connectivity index (χ2n) is 6.70. The van der Waals surface area contributed by atoms with E-state index in [1.165, 1.54) is 0 Å². The van der Waals surface area contributed by atoms with Gasteiger partial charge in [-0.3, -0.25) is 0 Å². The molecule has 0 N–H and O–H groups in total. The summed E-state index contributed by atoms with van der Waals surface area (Å²) in [6, 6.07) is 20.8. The number of rotatable bonds is 3. The van der Waals surface area contributed by atoms with Crippen LogP contribution in [0.4, 0.5) is 0 Å². The van der Waals surface area contributed by atoms with E-state index >= 15 is 0 Å². The van der Waals surface area contributed by atoms with E-state index in [1.807, 2.05) is 6.07 Å². The Morgan fingerprint density at radius 1 is 0.833 bits per heavy atom. The number of ether oxygens (including phenoxy) is 3. The van der Waals surface area contributed by atoms with E-state index in [4.69, 9.17) is 18.6 Å². The SMILES string of the molecule is O=C(Oc1c(-c2ccccc2)c(=O)oc2ccccc12)c1ccc2c(c1)OCCO2. The van der Waals surface area contributed by atoms with Gasteiger partial charge in [0.05, 0.1) is 10.9 Å². The lowest BCUT2D eigenvalue weighted by atomic mass is 10.0. The maximum Gasteiger partial charge on any atom is 0.348 e. The van der Waals surface area contributed by atoms with Crippen LogP contribution in [0.1, 0.15) is 10.4 Å². The third kappa shape index (κ3) is 3.18. The number of hydrogen-bond acceptors (Lipinski definition) is 6. The van der Waals surface area contributed by atoms with Crippen LogP contribution in [-0.4, -0.2) is 19.2 Å². The third-order valence-corrected chi connectivity index (χ3v) is 4.80. The van der Waals surface area contributed by atoms with Gasteiger partial charge in [-0.2, -0.15) is 0 Å². The zero-order valence-corrected chi connectivity index (χ0v) is 15.8. The first-order valence-electron chi connectivity index (χ1n) is 9.44. The lowest BCUT2D eigenvalue weighted by Crippen LogP contribution is -2.17. The Morgan fingerprint density at radius 3 is 2.40 bits per heavy atom. The van der Waals surface area contributed by atoms with Gasteiger partial charge in [-0.25, -0.2) is 9.59 Å². The molecule has 0 aliphatic carbocycles. The predicted molar refractivity (Wildman–Crippen MR) is 110 cm³/mol. The van der Waals surface area contributed by atoms with E-state index in [9.17, 15) is 9.59 Å². The molecule has 0 saturated heterocycles. The quantitative estimate of drug-likeness (QED) is 0.374. The fraction of sp³-hybridized carbons (Fsp3) is 0.0833. The molecule has 1 aromatic heterocycles. The van der Waals surface area contributed by atoms with Crippen molar-refractivity contribution >= 4 is 16.9 Å². The van der Waals surface area contributed by atoms with Gasteiger partial charge in [-0.15, -0.1) is 0 Å². The summed E-state index contributed by atoms with van der Waals surface area (Å²) in [6.07, 6.45) is 0. The van der Waals surface area contributed by atoms with Crippen LogP contribution in [0.5, 0.6) is 17.2 Å². The molecule has 6 nitrogen and oxygen atoms in total. The zero-order valence-electron chi connectivity index (χ0n) is 15.8. The Kier molecular flexibility index (Phi) is 4.44. The molecule has 30 heavy (non-hydrogen) atoms. The minimum Gasteiger partial charge on any atom is -0.486 e. The topological polar surface area (TPSA) is 75.0 Å². The molecule has 3 aromatic carbocycles. The molecular formula is C24H16O6. The van der Waals surface area contributed by atoms with Gasteiger partial charge < -0.3 is 18.6 Å². The zero-order chi connectivity index (χ0) is 20.5. The second-order valence-corrected chi connectivity index (χ2v) is 6.70. The Labute approximate surface area is 171 Å². The molecule has 0 spiro atoms. The fourth-order valence-electron chi connectivity index (χ4n) is 3.40. The van der Waals surface area contributed by atoms with Crippen molar-refractivity contribution in [2.24, 2.45) is 0 Å². The first-order chi connectivity index (χ1) is 14.7. The van der Waals surface area contributed by atoms with Crippen LogP contribution in [0.3, 0.4) is 0 Å². The van der Waals surface area contributed by atoms with Crippen molar-refractivity contribution in [3.8, 4) is 28.4 Å². The summed E-state index contributed by atoms with van der Waals surface area (Å²) >= 11 is 0. The van der Waals surface area contributed by atoms with Gasteiger partial charge in [0, 0.05) is 0 Å². The van der Waals surface area contributed by atoms with Gasteiger partial charge in [-0.05, 0) is 35.9 Å². The van der Waals surface area contributed by atoms with E-state index in [2.05, 4.69) is 0 Å². The molecule has 1 aliphatic heterocycles. The minimum atomic E-state index is -0.611. The summed E-state index contributed by atoms with van der Waals surface area (Å²) in [7, 11) is 0. The highest BCUT2D eigenvalue weighted by Crippen LogP contribution is 2.36. The van der Waals surface area contributed by atoms with Gasteiger partial charge in [0.2, 0.25) is 0 Å². The number of fused-ring (bicyclic) bond motifs is 2. The normalized spacial score (nSPS) is 12.5. The Morgan fingerprint density at radius 2 is 1.57 bits per heavy atom. The molecule has 6 heteroatoms. The summed E-state index contributed by atoms with van der Waals surface area (Å²) in [5.74, 6) is 0.609. The Hall–Kier alpha value is -4.06. The van der Waals surface area contributed by atoms with E-state index in [1.54, 1.807) is 66.7 Å². The van der Waals surface area contributed by atoms with Gasteiger partial charge in [0.1, 0.15) is 24.4 Å². The van der Waals surface area contributed by atoms with Crippen molar-refractivity contribution in [3.63, 3.8) is 0 Å². The molecule has 0 fully saturated rings. The van der Waals surface area contributed by atoms with Crippen molar-refractivity contribution in [1.82, 2.24) is 0 Å². The fourth-order valence-corrected chi connectivity index (χ4v) is 3.40. The van der Waals surface area contributed by atoms with Crippen LogP contribution in [0.2, 0.25) is 0 Å². The van der Waals surface area contributed by atoms with Crippen molar-refractivity contribution in [2.75, 3.05) is 13.2 Å². The third-order valence-electron chi connectivity index (χ3n) is 4.80. The van der Waals surface area contributed by atoms with Crippen LogP contribution < -0.4 is 19.8 Å². The molecule has 0 radical (unpaired) electrons. The Bertz CT molecular complexity index is 1310. The van der Waals surface area contributed by atoms with Crippen LogP contribution in [0.15, 0.2) is 82.0 Å². The van der Waals surface area contributed by atoms with Crippen molar-refractivity contribution in [3.05, 3.63) is 88.8 Å². The van der Waals surface area contributed by atoms with Gasteiger partial charge in [0.15, 0.2) is 17.2 Å². The first-order valence-corrected chi connectivity index (χ1v) is 9.44. The maximum absolute atomic E-state index is 13.0. The monoisotopic (exact) mass is 400 g/mol. The number of para-hydroxylation sites is 1. The highest BCUT2D eigenvalue weighted by Gasteiger charge is 2.22. The van der Waals surface area contributed by atoms with Gasteiger partial charge in [0.25, 0.3) is 0 Å². The molecule has 0 bridgehead atoms. The predicted octanol–water partition coefficient (Wildman–Crippen LogP) is 4.45. The summed E-state index contributed by atoms with van der Waals surface area (Å²) in [4.78, 5) is 25.8. The van der Waals surface area contributed by atoms with E-state index < -0.39 is 11.6 Å². The average molecular weight is 400 g/mol. The maximum atomic E-state index is 13.0. The summed E-state index contributed by atoms with van der Waals surface area (Å²) in [5.41, 5.74) is 0.842. The summed E-state index contributed by atoms with van der Waals surface area (Å²) in [5, 5.41) is 0.529. The number of carbonyl (C=O) groups excluding carboxylic acids is 1. The summed E-state index contributed by atoms with van der Waals surface area (Å²) < 4.78 is 22.3. The number of carbonyl (C=O) groups is 1. The van der Waals surface area contributed by atoms with Crippen LogP contribution in [-0.2, 0) is 0 Å². The van der Waals surface area contributed by atoms with Crippen molar-refractivity contribution < 1.29 is 23.4 Å². The Balaban J connectivity index is 1.63. The molecule has 4 aromatic rings. The minimum absolute atomic E-state index is 0.160. The van der Waals surface area contributed by atoms with E-state index in [-0.39, 0.29) is 16.9 Å². The number of benzene rings is 3. The first kappa shape index (κ1) is 18.0. The van der Waals surface area contributed by atoms with Crippen molar-refractivity contribution in [1.29, 1.82) is 0 Å². The molecule has 0 atom stereocenters. The highest BCUT2D eigenvalue weighted by atomic mass is 16.6. The van der Waals surface area contributed by atoms with E-state index in [0.717, 1.165) is 0 Å². The van der Waals surface area contributed by atoms with Crippen LogP contribution in [0, 0.1) is 0 Å². The van der Waals surface area contributed by atoms with Gasteiger partial charge >= 0.3 is 11.6 Å². The van der Waals surface area contributed by atoms with Gasteiger partial charge in [-0.1, -0.05) is 42.5 Å². The van der Waals surface area contributed by atoms with Crippen LogP contribution in [0.25, 0.3) is 22.1 Å². The average Bonchev–Trinajstić information content (AvgIpc) is 2.79. The number of esters is 1.